The Labute approximate surface area is 130 Å². The van der Waals surface area contributed by atoms with Crippen LogP contribution in [-0.2, 0) is 6.54 Å². The van der Waals surface area contributed by atoms with Crippen molar-refractivity contribution in [3.63, 3.8) is 0 Å². The number of rotatable bonds is 4. The maximum absolute atomic E-state index is 13.3. The van der Waals surface area contributed by atoms with E-state index < -0.39 is 0 Å². The third-order valence-electron chi connectivity index (χ3n) is 4.20. The number of aromatic nitrogens is 1. The van der Waals surface area contributed by atoms with Crippen LogP contribution in [0.3, 0.4) is 0 Å². The molecule has 1 aromatic heterocycles. The van der Waals surface area contributed by atoms with E-state index in [1.54, 1.807) is 18.4 Å². The summed E-state index contributed by atoms with van der Waals surface area (Å²) in [7, 11) is 2.13. The van der Waals surface area contributed by atoms with Gasteiger partial charge < -0.3 is 9.73 Å². The first-order valence-corrected chi connectivity index (χ1v) is 7.83. The Bertz CT molecular complexity index is 605. The molecule has 1 saturated heterocycles. The lowest BCUT2D eigenvalue weighted by atomic mass is 10.1. The van der Waals surface area contributed by atoms with Crippen molar-refractivity contribution < 1.29 is 8.81 Å². The van der Waals surface area contributed by atoms with Crippen LogP contribution in [0.15, 0.2) is 34.9 Å². The molecule has 118 valence electrons. The molecule has 2 aromatic rings. The molecule has 5 heteroatoms. The van der Waals surface area contributed by atoms with E-state index in [4.69, 9.17) is 4.42 Å². The maximum Gasteiger partial charge on any atom is 0.226 e. The van der Waals surface area contributed by atoms with E-state index in [-0.39, 0.29) is 5.82 Å². The zero-order valence-electron chi connectivity index (χ0n) is 12.9. The van der Waals surface area contributed by atoms with Gasteiger partial charge in [-0.1, -0.05) is 6.07 Å². The molecule has 0 aliphatic carbocycles. The van der Waals surface area contributed by atoms with Crippen LogP contribution >= 0.6 is 0 Å². The predicted octanol–water partition coefficient (Wildman–Crippen LogP) is 3.05. The highest BCUT2D eigenvalue weighted by molar-refractivity contribution is 5.52. The number of nitrogens with one attached hydrogen (secondary N) is 1. The smallest absolute Gasteiger partial charge is 0.226 e. The van der Waals surface area contributed by atoms with E-state index in [2.05, 4.69) is 22.2 Å². The first-order chi connectivity index (χ1) is 10.7. The van der Waals surface area contributed by atoms with E-state index >= 15 is 0 Å². The van der Waals surface area contributed by atoms with E-state index in [1.165, 1.54) is 25.0 Å². The van der Waals surface area contributed by atoms with E-state index in [0.29, 0.717) is 17.5 Å². The Morgan fingerprint density at radius 3 is 3.14 bits per heavy atom. The number of hydrogen-bond acceptors (Lipinski definition) is 4. The molecular weight excluding hydrogens is 281 g/mol. The summed E-state index contributed by atoms with van der Waals surface area (Å²) in [6, 6.07) is 6.90. The molecule has 22 heavy (non-hydrogen) atoms. The number of halogens is 1. The molecule has 1 fully saturated rings. The lowest BCUT2D eigenvalue weighted by Crippen LogP contribution is -2.32. The molecule has 4 nitrogen and oxygen atoms in total. The molecule has 1 unspecified atom stereocenters. The van der Waals surface area contributed by atoms with Gasteiger partial charge >= 0.3 is 0 Å². The van der Waals surface area contributed by atoms with Gasteiger partial charge in [0.2, 0.25) is 5.89 Å². The highest BCUT2D eigenvalue weighted by Crippen LogP contribution is 2.21. The van der Waals surface area contributed by atoms with Gasteiger partial charge in [-0.15, -0.1) is 0 Å². The van der Waals surface area contributed by atoms with Crippen LogP contribution in [0.5, 0.6) is 0 Å². The summed E-state index contributed by atoms with van der Waals surface area (Å²) in [5.41, 5.74) is 1.56. The zero-order valence-corrected chi connectivity index (χ0v) is 12.9. The van der Waals surface area contributed by atoms with Crippen LogP contribution in [0.1, 0.15) is 25.0 Å². The predicted molar refractivity (Wildman–Crippen MR) is 83.9 cm³/mol. The summed E-state index contributed by atoms with van der Waals surface area (Å²) in [6.45, 7) is 2.93. The molecule has 2 heterocycles. The third-order valence-corrected chi connectivity index (χ3v) is 4.20. The van der Waals surface area contributed by atoms with Crippen molar-refractivity contribution >= 4 is 0 Å². The van der Waals surface area contributed by atoms with Crippen LogP contribution in [0.2, 0.25) is 0 Å². The van der Waals surface area contributed by atoms with Crippen LogP contribution in [0.25, 0.3) is 11.5 Å². The summed E-state index contributed by atoms with van der Waals surface area (Å²) >= 11 is 0. The van der Waals surface area contributed by atoms with Crippen LogP contribution in [-0.4, -0.2) is 36.1 Å². The lowest BCUT2D eigenvalue weighted by Gasteiger charge is -2.25. The van der Waals surface area contributed by atoms with Gasteiger partial charge in [-0.3, -0.25) is 4.90 Å². The first kappa shape index (κ1) is 15.2. The van der Waals surface area contributed by atoms with Crippen molar-refractivity contribution in [1.82, 2.24) is 15.2 Å². The fraction of sp³-hybridized carbons (Fsp3) is 0.471. The van der Waals surface area contributed by atoms with Crippen molar-refractivity contribution in [3.8, 4) is 11.5 Å². The number of benzene rings is 1. The minimum absolute atomic E-state index is 0.277. The first-order valence-electron chi connectivity index (χ1n) is 7.83. The normalized spacial score (nSPS) is 19.3. The molecule has 1 atom stereocenters. The zero-order chi connectivity index (χ0) is 15.4. The SMILES string of the molecule is CN(Cc1coc(-c2cccc(F)c2)n1)C1CCCNCC1. The van der Waals surface area contributed by atoms with Gasteiger partial charge in [0.05, 0.1) is 5.69 Å². The maximum atomic E-state index is 13.3. The van der Waals surface area contributed by atoms with Crippen molar-refractivity contribution in [3.05, 3.63) is 42.0 Å². The van der Waals surface area contributed by atoms with Crippen molar-refractivity contribution in [2.75, 3.05) is 20.1 Å². The second-order valence-corrected chi connectivity index (χ2v) is 5.90. The molecule has 0 saturated carbocycles. The van der Waals surface area contributed by atoms with Gasteiger partial charge in [0.15, 0.2) is 0 Å². The topological polar surface area (TPSA) is 41.3 Å². The molecule has 1 N–H and O–H groups in total. The van der Waals surface area contributed by atoms with Crippen molar-refractivity contribution in [1.29, 1.82) is 0 Å². The molecular formula is C17H22FN3O. The Hall–Kier alpha value is -1.72. The number of nitrogens with zero attached hydrogens (tertiary/aromatic N) is 2. The second-order valence-electron chi connectivity index (χ2n) is 5.90. The van der Waals surface area contributed by atoms with E-state index in [9.17, 15) is 4.39 Å². The van der Waals surface area contributed by atoms with Crippen molar-refractivity contribution in [2.45, 2.75) is 31.8 Å². The van der Waals surface area contributed by atoms with Gasteiger partial charge in [-0.05, 0) is 57.6 Å². The van der Waals surface area contributed by atoms with E-state index in [0.717, 1.165) is 31.7 Å². The average Bonchev–Trinajstić information content (AvgIpc) is 2.80. The van der Waals surface area contributed by atoms with Gasteiger partial charge in [0.25, 0.3) is 0 Å². The summed E-state index contributed by atoms with van der Waals surface area (Å²) in [5.74, 6) is 0.200. The summed E-state index contributed by atoms with van der Waals surface area (Å²) < 4.78 is 18.8. The van der Waals surface area contributed by atoms with Gasteiger partial charge in [-0.25, -0.2) is 9.37 Å². The Morgan fingerprint density at radius 1 is 1.36 bits per heavy atom. The number of oxazole rings is 1. The molecule has 1 aromatic carbocycles. The minimum atomic E-state index is -0.277. The number of hydrogen-bond donors (Lipinski definition) is 1. The second kappa shape index (κ2) is 7.03. The largest absolute Gasteiger partial charge is 0.444 e. The standard InChI is InChI=1S/C17H22FN3O/c1-21(16-6-3-8-19-9-7-16)11-15-12-22-17(20-15)13-4-2-5-14(18)10-13/h2,4-5,10,12,16,19H,3,6-9,11H2,1H3. The highest BCUT2D eigenvalue weighted by atomic mass is 19.1. The summed E-state index contributed by atoms with van der Waals surface area (Å²) in [4.78, 5) is 6.82. The van der Waals surface area contributed by atoms with E-state index in [1.807, 2.05) is 0 Å². The average molecular weight is 303 g/mol. The Balaban J connectivity index is 1.66. The van der Waals surface area contributed by atoms with Crippen LogP contribution in [0, 0.1) is 5.82 Å². The molecule has 1 aliphatic rings. The third kappa shape index (κ3) is 3.72. The lowest BCUT2D eigenvalue weighted by molar-refractivity contribution is 0.214. The monoisotopic (exact) mass is 303 g/mol. The van der Waals surface area contributed by atoms with Crippen LogP contribution in [0.4, 0.5) is 4.39 Å². The fourth-order valence-corrected chi connectivity index (χ4v) is 2.96. The molecule has 3 rings (SSSR count). The quantitative estimate of drug-likeness (QED) is 0.942. The molecule has 1 aliphatic heterocycles. The van der Waals surface area contributed by atoms with Crippen LogP contribution < -0.4 is 5.32 Å². The van der Waals surface area contributed by atoms with Gasteiger partial charge in [-0.2, -0.15) is 0 Å². The molecule has 0 bridgehead atoms. The summed E-state index contributed by atoms with van der Waals surface area (Å²) in [6.07, 6.45) is 5.25. The Kier molecular flexibility index (Phi) is 4.85. The molecule has 0 amide bonds. The fourth-order valence-electron chi connectivity index (χ4n) is 2.96. The summed E-state index contributed by atoms with van der Waals surface area (Å²) in [5, 5.41) is 3.43. The highest BCUT2D eigenvalue weighted by Gasteiger charge is 2.18. The molecule has 0 spiro atoms. The molecule has 0 radical (unpaired) electrons. The Morgan fingerprint density at radius 2 is 2.27 bits per heavy atom. The van der Waals surface area contributed by atoms with Gasteiger partial charge in [0, 0.05) is 18.2 Å². The van der Waals surface area contributed by atoms with Gasteiger partial charge in [0.1, 0.15) is 12.1 Å². The van der Waals surface area contributed by atoms with Crippen molar-refractivity contribution in [2.24, 2.45) is 0 Å². The minimum Gasteiger partial charge on any atom is -0.444 e.